The molecule has 92 valence electrons. The minimum Gasteiger partial charge on any atom is -0.392 e. The predicted octanol–water partition coefficient (Wildman–Crippen LogP) is 2.91. The van der Waals surface area contributed by atoms with Crippen molar-refractivity contribution in [3.8, 4) is 0 Å². The average Bonchev–Trinajstić information content (AvgIpc) is 2.40. The molecule has 0 spiro atoms. The van der Waals surface area contributed by atoms with E-state index in [2.05, 4.69) is 0 Å². The molecule has 0 bridgehead atoms. The molecule has 2 aromatic rings. The van der Waals surface area contributed by atoms with E-state index >= 15 is 0 Å². The first kappa shape index (κ1) is 12.5. The van der Waals surface area contributed by atoms with Gasteiger partial charge in [0.05, 0.1) is 6.61 Å². The SMILES string of the molecule is Cc1ccc(CO)c(CC(=O)c2ccccc2)c1. The second-order valence-electron chi connectivity index (χ2n) is 4.40. The summed E-state index contributed by atoms with van der Waals surface area (Å²) in [5.41, 5.74) is 3.54. The Hall–Kier alpha value is -1.93. The van der Waals surface area contributed by atoms with Gasteiger partial charge in [0.15, 0.2) is 5.78 Å². The lowest BCUT2D eigenvalue weighted by atomic mass is 9.97. The van der Waals surface area contributed by atoms with Gasteiger partial charge in [0.25, 0.3) is 0 Å². The highest BCUT2D eigenvalue weighted by atomic mass is 16.3. The molecule has 0 saturated carbocycles. The van der Waals surface area contributed by atoms with Gasteiger partial charge in [-0.05, 0) is 18.1 Å². The van der Waals surface area contributed by atoms with Crippen LogP contribution in [0, 0.1) is 6.92 Å². The summed E-state index contributed by atoms with van der Waals surface area (Å²) in [6.07, 6.45) is 0.335. The molecule has 2 heteroatoms. The second-order valence-corrected chi connectivity index (χ2v) is 4.40. The highest BCUT2D eigenvalue weighted by Gasteiger charge is 2.09. The minimum absolute atomic E-state index is 0.0301. The number of hydrogen-bond donors (Lipinski definition) is 1. The van der Waals surface area contributed by atoms with Crippen LogP contribution in [0.5, 0.6) is 0 Å². The fourth-order valence-electron chi connectivity index (χ4n) is 1.97. The lowest BCUT2D eigenvalue weighted by Gasteiger charge is -2.08. The van der Waals surface area contributed by atoms with E-state index < -0.39 is 0 Å². The second kappa shape index (κ2) is 5.61. The number of aryl methyl sites for hydroxylation is 1. The van der Waals surface area contributed by atoms with Gasteiger partial charge < -0.3 is 5.11 Å². The van der Waals surface area contributed by atoms with Crippen molar-refractivity contribution in [3.63, 3.8) is 0 Å². The van der Waals surface area contributed by atoms with E-state index in [1.54, 1.807) is 0 Å². The highest BCUT2D eigenvalue weighted by molar-refractivity contribution is 5.97. The molecule has 2 nitrogen and oxygen atoms in total. The molecule has 2 aromatic carbocycles. The summed E-state index contributed by atoms with van der Waals surface area (Å²) < 4.78 is 0. The quantitative estimate of drug-likeness (QED) is 0.834. The van der Waals surface area contributed by atoms with E-state index in [0.717, 1.165) is 16.7 Å². The molecule has 0 radical (unpaired) electrons. The predicted molar refractivity (Wildman–Crippen MR) is 71.6 cm³/mol. The summed E-state index contributed by atoms with van der Waals surface area (Å²) in [5.74, 6) is 0.0795. The number of rotatable bonds is 4. The van der Waals surface area contributed by atoms with Crippen LogP contribution in [-0.4, -0.2) is 10.9 Å². The minimum atomic E-state index is -0.0301. The Labute approximate surface area is 107 Å². The van der Waals surface area contributed by atoms with Crippen LogP contribution in [0.15, 0.2) is 48.5 Å². The number of benzene rings is 2. The molecule has 1 N–H and O–H groups in total. The average molecular weight is 240 g/mol. The van der Waals surface area contributed by atoms with Gasteiger partial charge in [0.1, 0.15) is 0 Å². The molecule has 0 amide bonds. The maximum Gasteiger partial charge on any atom is 0.167 e. The van der Waals surface area contributed by atoms with Crippen molar-refractivity contribution >= 4 is 5.78 Å². The molecular weight excluding hydrogens is 224 g/mol. The van der Waals surface area contributed by atoms with Gasteiger partial charge in [-0.1, -0.05) is 54.1 Å². The molecule has 0 saturated heterocycles. The summed E-state index contributed by atoms with van der Waals surface area (Å²) >= 11 is 0. The van der Waals surface area contributed by atoms with Crippen LogP contribution >= 0.6 is 0 Å². The van der Waals surface area contributed by atoms with E-state index in [4.69, 9.17) is 0 Å². The largest absolute Gasteiger partial charge is 0.392 e. The molecule has 0 heterocycles. The van der Waals surface area contributed by atoms with Crippen molar-refractivity contribution in [2.75, 3.05) is 0 Å². The van der Waals surface area contributed by atoms with Gasteiger partial charge in [0.2, 0.25) is 0 Å². The number of carbonyl (C=O) groups excluding carboxylic acids is 1. The number of carbonyl (C=O) groups is 1. The molecular formula is C16H16O2. The Morgan fingerprint density at radius 3 is 2.44 bits per heavy atom. The third-order valence-electron chi connectivity index (χ3n) is 2.98. The molecule has 0 fully saturated rings. The van der Waals surface area contributed by atoms with Crippen LogP contribution in [0.3, 0.4) is 0 Å². The first-order valence-electron chi connectivity index (χ1n) is 5.98. The molecule has 0 aliphatic heterocycles. The van der Waals surface area contributed by atoms with Crippen LogP contribution in [0.1, 0.15) is 27.0 Å². The van der Waals surface area contributed by atoms with Crippen LogP contribution in [0.2, 0.25) is 0 Å². The first-order valence-corrected chi connectivity index (χ1v) is 5.98. The van der Waals surface area contributed by atoms with Gasteiger partial charge in [-0.25, -0.2) is 0 Å². The van der Waals surface area contributed by atoms with E-state index in [1.165, 1.54) is 0 Å². The van der Waals surface area contributed by atoms with E-state index in [1.807, 2.05) is 55.5 Å². The number of aliphatic hydroxyl groups is 1. The van der Waals surface area contributed by atoms with Crippen molar-refractivity contribution in [3.05, 3.63) is 70.8 Å². The van der Waals surface area contributed by atoms with E-state index in [-0.39, 0.29) is 12.4 Å². The van der Waals surface area contributed by atoms with Crippen LogP contribution in [0.4, 0.5) is 0 Å². The number of Topliss-reactive ketones (excluding diaryl/α,β-unsaturated/α-hetero) is 1. The third-order valence-corrected chi connectivity index (χ3v) is 2.98. The number of aliphatic hydroxyl groups excluding tert-OH is 1. The lowest BCUT2D eigenvalue weighted by Crippen LogP contribution is -2.06. The van der Waals surface area contributed by atoms with Gasteiger partial charge in [-0.3, -0.25) is 4.79 Å². The number of hydrogen-bond acceptors (Lipinski definition) is 2. The normalized spacial score (nSPS) is 10.3. The summed E-state index contributed by atoms with van der Waals surface area (Å²) in [7, 11) is 0. The fourth-order valence-corrected chi connectivity index (χ4v) is 1.97. The standard InChI is InChI=1S/C16H16O2/c1-12-7-8-14(11-17)15(9-12)10-16(18)13-5-3-2-4-6-13/h2-9,17H,10-11H2,1H3. The summed E-state index contributed by atoms with van der Waals surface area (Å²) in [6.45, 7) is 1.95. The van der Waals surface area contributed by atoms with E-state index in [0.29, 0.717) is 12.0 Å². The van der Waals surface area contributed by atoms with Crippen molar-refractivity contribution in [1.82, 2.24) is 0 Å². The molecule has 0 aliphatic carbocycles. The summed E-state index contributed by atoms with van der Waals surface area (Å²) in [6, 6.07) is 15.0. The zero-order valence-corrected chi connectivity index (χ0v) is 10.4. The van der Waals surface area contributed by atoms with Gasteiger partial charge >= 0.3 is 0 Å². The molecule has 2 rings (SSSR count). The molecule has 0 aliphatic rings. The number of ketones is 1. The monoisotopic (exact) mass is 240 g/mol. The molecule has 0 atom stereocenters. The summed E-state index contributed by atoms with van der Waals surface area (Å²) in [5, 5.41) is 9.28. The van der Waals surface area contributed by atoms with Crippen LogP contribution in [-0.2, 0) is 13.0 Å². The maximum atomic E-state index is 12.1. The first-order chi connectivity index (χ1) is 8.70. The Kier molecular flexibility index (Phi) is 3.90. The van der Waals surface area contributed by atoms with Crippen LogP contribution < -0.4 is 0 Å². The van der Waals surface area contributed by atoms with Gasteiger partial charge in [-0.2, -0.15) is 0 Å². The van der Waals surface area contributed by atoms with Crippen LogP contribution in [0.25, 0.3) is 0 Å². The molecule has 0 aromatic heterocycles. The molecule has 18 heavy (non-hydrogen) atoms. The zero-order valence-electron chi connectivity index (χ0n) is 10.4. The van der Waals surface area contributed by atoms with Crippen molar-refractivity contribution < 1.29 is 9.90 Å². The van der Waals surface area contributed by atoms with E-state index in [9.17, 15) is 9.90 Å². The Bertz CT molecular complexity index is 544. The highest BCUT2D eigenvalue weighted by Crippen LogP contribution is 2.15. The molecule has 0 unspecified atom stereocenters. The third kappa shape index (κ3) is 2.84. The fraction of sp³-hybridized carbons (Fsp3) is 0.188. The maximum absolute atomic E-state index is 12.1. The lowest BCUT2D eigenvalue weighted by molar-refractivity contribution is 0.0992. The topological polar surface area (TPSA) is 37.3 Å². The van der Waals surface area contributed by atoms with Crippen molar-refractivity contribution in [2.45, 2.75) is 20.0 Å². The van der Waals surface area contributed by atoms with Crippen molar-refractivity contribution in [1.29, 1.82) is 0 Å². The van der Waals surface area contributed by atoms with Gasteiger partial charge in [0, 0.05) is 12.0 Å². The van der Waals surface area contributed by atoms with Crippen molar-refractivity contribution in [2.24, 2.45) is 0 Å². The summed E-state index contributed by atoms with van der Waals surface area (Å²) in [4.78, 5) is 12.1. The Morgan fingerprint density at radius 1 is 1.06 bits per heavy atom. The smallest absolute Gasteiger partial charge is 0.167 e. The Balaban J connectivity index is 2.24. The zero-order chi connectivity index (χ0) is 13.0. The Morgan fingerprint density at radius 2 is 1.78 bits per heavy atom. The van der Waals surface area contributed by atoms with Gasteiger partial charge in [-0.15, -0.1) is 0 Å².